The number of nitrogens with zero attached hydrogens (tertiary/aromatic N) is 1. The fourth-order valence-electron chi connectivity index (χ4n) is 5.78. The van der Waals surface area contributed by atoms with Crippen molar-refractivity contribution in [3.63, 3.8) is 0 Å². The molecule has 22 heavy (non-hydrogen) atoms. The Hall–Kier alpha value is -1.06. The molecule has 3 nitrogen and oxygen atoms in total. The molecule has 0 spiro atoms. The summed E-state index contributed by atoms with van der Waals surface area (Å²) < 4.78 is 0. The van der Waals surface area contributed by atoms with Crippen LogP contribution in [0.2, 0.25) is 0 Å². The number of piperidine rings is 1. The zero-order valence-electron chi connectivity index (χ0n) is 13.1. The third-order valence-corrected chi connectivity index (χ3v) is 7.02. The van der Waals surface area contributed by atoms with Gasteiger partial charge in [0.1, 0.15) is 5.75 Å². The molecule has 2 saturated carbocycles. The summed E-state index contributed by atoms with van der Waals surface area (Å²) in [5.74, 6) is 1.22. The standard InChI is InChI=1S/C19H25NO2/c21-15-5-4-14-10-17-19(22)7-1-6-18(19,16(14)11-15)8-9-20(17)12-13-2-3-13/h4-5,11,13,17,21-22H,1-3,6-10,12H2. The van der Waals surface area contributed by atoms with Gasteiger partial charge in [-0.05, 0) is 80.7 Å². The number of fused-ring (bicyclic) bond motifs is 1. The molecule has 3 heteroatoms. The van der Waals surface area contributed by atoms with Gasteiger partial charge in [0.2, 0.25) is 0 Å². The highest BCUT2D eigenvalue weighted by atomic mass is 16.3. The number of phenols is 1. The van der Waals surface area contributed by atoms with E-state index < -0.39 is 5.60 Å². The second-order valence-electron chi connectivity index (χ2n) is 8.11. The minimum atomic E-state index is -0.582. The Kier molecular flexibility index (Phi) is 2.60. The summed E-state index contributed by atoms with van der Waals surface area (Å²) in [5.41, 5.74) is 1.91. The molecule has 2 N–H and O–H groups in total. The minimum absolute atomic E-state index is 0.107. The maximum Gasteiger partial charge on any atom is 0.115 e. The number of aliphatic hydroxyl groups is 1. The summed E-state index contributed by atoms with van der Waals surface area (Å²) in [5, 5.41) is 21.7. The second kappa shape index (κ2) is 4.27. The molecule has 0 amide bonds. The molecule has 4 aliphatic rings. The summed E-state index contributed by atoms with van der Waals surface area (Å²) in [6.07, 6.45) is 7.85. The highest BCUT2D eigenvalue weighted by molar-refractivity contribution is 5.48. The van der Waals surface area contributed by atoms with Crippen molar-refractivity contribution in [3.8, 4) is 5.75 Å². The van der Waals surface area contributed by atoms with Crippen molar-refractivity contribution in [2.45, 2.75) is 62.0 Å². The van der Waals surface area contributed by atoms with Crippen molar-refractivity contribution in [2.24, 2.45) is 5.92 Å². The van der Waals surface area contributed by atoms with Crippen LogP contribution in [0.15, 0.2) is 18.2 Å². The van der Waals surface area contributed by atoms with Crippen molar-refractivity contribution in [1.29, 1.82) is 0 Å². The summed E-state index contributed by atoms with van der Waals surface area (Å²) in [7, 11) is 0. The quantitative estimate of drug-likeness (QED) is 0.882. The van der Waals surface area contributed by atoms with E-state index >= 15 is 0 Å². The Morgan fingerprint density at radius 3 is 2.86 bits per heavy atom. The van der Waals surface area contributed by atoms with E-state index in [-0.39, 0.29) is 11.5 Å². The van der Waals surface area contributed by atoms with E-state index in [0.717, 1.165) is 44.6 Å². The summed E-state index contributed by atoms with van der Waals surface area (Å²) in [6.45, 7) is 2.29. The zero-order valence-corrected chi connectivity index (χ0v) is 13.1. The van der Waals surface area contributed by atoms with Crippen LogP contribution in [-0.2, 0) is 11.8 Å². The van der Waals surface area contributed by atoms with Gasteiger partial charge in [-0.3, -0.25) is 4.90 Å². The minimum Gasteiger partial charge on any atom is -0.508 e. The normalized spacial score (nSPS) is 40.3. The molecule has 0 radical (unpaired) electrons. The van der Waals surface area contributed by atoms with Gasteiger partial charge in [0.15, 0.2) is 0 Å². The van der Waals surface area contributed by atoms with Gasteiger partial charge < -0.3 is 10.2 Å². The predicted octanol–water partition coefficient (Wildman–Crippen LogP) is 2.59. The number of benzene rings is 1. The number of aromatic hydroxyl groups is 1. The Bertz CT molecular complexity index is 626. The summed E-state index contributed by atoms with van der Waals surface area (Å²) >= 11 is 0. The van der Waals surface area contributed by atoms with Crippen LogP contribution < -0.4 is 0 Å². The molecule has 118 valence electrons. The zero-order chi connectivity index (χ0) is 14.9. The van der Waals surface area contributed by atoms with E-state index in [1.54, 1.807) is 0 Å². The summed E-state index contributed by atoms with van der Waals surface area (Å²) in [6, 6.07) is 6.13. The van der Waals surface area contributed by atoms with Gasteiger partial charge in [0, 0.05) is 18.0 Å². The van der Waals surface area contributed by atoms with E-state index in [9.17, 15) is 10.2 Å². The van der Waals surface area contributed by atoms with Crippen LogP contribution in [0.25, 0.3) is 0 Å². The van der Waals surface area contributed by atoms with E-state index in [1.807, 2.05) is 12.1 Å². The van der Waals surface area contributed by atoms with Crippen molar-refractivity contribution in [1.82, 2.24) is 4.90 Å². The van der Waals surface area contributed by atoms with Crippen LogP contribution in [0.5, 0.6) is 5.75 Å². The molecule has 3 atom stereocenters. The topological polar surface area (TPSA) is 43.7 Å². The van der Waals surface area contributed by atoms with Crippen molar-refractivity contribution < 1.29 is 10.2 Å². The first-order valence-corrected chi connectivity index (χ1v) is 8.91. The molecular formula is C19H25NO2. The number of hydrogen-bond donors (Lipinski definition) is 2. The van der Waals surface area contributed by atoms with E-state index in [4.69, 9.17) is 0 Å². The molecule has 1 aromatic rings. The summed E-state index contributed by atoms with van der Waals surface area (Å²) in [4.78, 5) is 2.59. The average Bonchev–Trinajstić information content (AvgIpc) is 3.22. The van der Waals surface area contributed by atoms with Gasteiger partial charge in [-0.25, -0.2) is 0 Å². The van der Waals surface area contributed by atoms with Gasteiger partial charge in [0.25, 0.3) is 0 Å². The molecule has 1 aromatic carbocycles. The molecule has 1 aliphatic heterocycles. The number of likely N-dealkylation sites (tertiary alicyclic amines) is 1. The van der Waals surface area contributed by atoms with Crippen molar-refractivity contribution in [3.05, 3.63) is 29.3 Å². The average molecular weight is 299 g/mol. The molecule has 3 aliphatic carbocycles. The Morgan fingerprint density at radius 2 is 2.05 bits per heavy atom. The Morgan fingerprint density at radius 1 is 1.18 bits per heavy atom. The maximum absolute atomic E-state index is 11.7. The van der Waals surface area contributed by atoms with Crippen LogP contribution >= 0.6 is 0 Å². The molecule has 0 aromatic heterocycles. The third kappa shape index (κ3) is 1.59. The second-order valence-corrected chi connectivity index (χ2v) is 8.11. The smallest absolute Gasteiger partial charge is 0.115 e. The van der Waals surface area contributed by atoms with Crippen LogP contribution in [0, 0.1) is 5.92 Å². The Labute approximate surface area is 132 Å². The molecule has 3 fully saturated rings. The fraction of sp³-hybridized carbons (Fsp3) is 0.684. The third-order valence-electron chi connectivity index (χ3n) is 7.02. The molecule has 5 rings (SSSR count). The first-order valence-electron chi connectivity index (χ1n) is 8.91. The molecule has 1 saturated heterocycles. The number of rotatable bonds is 2. The van der Waals surface area contributed by atoms with Gasteiger partial charge in [-0.2, -0.15) is 0 Å². The van der Waals surface area contributed by atoms with E-state index in [1.165, 1.54) is 30.5 Å². The van der Waals surface area contributed by atoms with Gasteiger partial charge in [0.05, 0.1) is 5.60 Å². The first-order chi connectivity index (χ1) is 10.6. The molecule has 1 heterocycles. The SMILES string of the molecule is Oc1ccc2c(c1)C13CCCC1(O)C(C2)N(CC1CC1)CC3. The molecular weight excluding hydrogens is 274 g/mol. The van der Waals surface area contributed by atoms with Crippen LogP contribution in [0.3, 0.4) is 0 Å². The Balaban J connectivity index is 1.63. The molecule has 3 unspecified atom stereocenters. The fourth-order valence-corrected chi connectivity index (χ4v) is 5.78. The number of phenolic OH excluding ortho intramolecular Hbond substituents is 1. The largest absolute Gasteiger partial charge is 0.508 e. The highest BCUT2D eigenvalue weighted by Gasteiger charge is 2.64. The van der Waals surface area contributed by atoms with Crippen LogP contribution in [0.1, 0.15) is 49.7 Å². The van der Waals surface area contributed by atoms with E-state index in [0.29, 0.717) is 5.75 Å². The lowest BCUT2D eigenvalue weighted by molar-refractivity contribution is -0.130. The lowest BCUT2D eigenvalue weighted by Crippen LogP contribution is -2.69. The first kappa shape index (κ1) is 13.4. The van der Waals surface area contributed by atoms with Crippen LogP contribution in [-0.4, -0.2) is 39.8 Å². The number of hydrogen-bond acceptors (Lipinski definition) is 3. The van der Waals surface area contributed by atoms with E-state index in [2.05, 4.69) is 11.0 Å². The monoisotopic (exact) mass is 299 g/mol. The van der Waals surface area contributed by atoms with Crippen molar-refractivity contribution in [2.75, 3.05) is 13.1 Å². The van der Waals surface area contributed by atoms with Crippen LogP contribution in [0.4, 0.5) is 0 Å². The van der Waals surface area contributed by atoms with Crippen molar-refractivity contribution >= 4 is 0 Å². The van der Waals surface area contributed by atoms with Gasteiger partial charge in [-0.1, -0.05) is 6.07 Å². The predicted molar refractivity (Wildman–Crippen MR) is 85.0 cm³/mol. The lowest BCUT2D eigenvalue weighted by Gasteiger charge is -2.59. The molecule has 2 bridgehead atoms. The lowest BCUT2D eigenvalue weighted by atomic mass is 9.56. The maximum atomic E-state index is 11.7. The van der Waals surface area contributed by atoms with Gasteiger partial charge >= 0.3 is 0 Å². The van der Waals surface area contributed by atoms with Gasteiger partial charge in [-0.15, -0.1) is 0 Å². The highest BCUT2D eigenvalue weighted by Crippen LogP contribution is 2.60.